The molecule has 7 nitrogen and oxygen atoms in total. The molecule has 0 aliphatic carbocycles. The van der Waals surface area contributed by atoms with Crippen LogP contribution in [0, 0.1) is 0 Å². The summed E-state index contributed by atoms with van der Waals surface area (Å²) < 4.78 is 5.79. The van der Waals surface area contributed by atoms with Crippen molar-refractivity contribution in [3.63, 3.8) is 0 Å². The molecule has 0 aromatic heterocycles. The first-order valence-electron chi connectivity index (χ1n) is 9.44. The fourth-order valence-corrected chi connectivity index (χ4v) is 3.24. The van der Waals surface area contributed by atoms with E-state index in [1.807, 2.05) is 12.1 Å². The Bertz CT molecular complexity index is 635. The molecule has 0 bridgehead atoms. The highest BCUT2D eigenvalue weighted by Gasteiger charge is 2.33. The predicted octanol–water partition coefficient (Wildman–Crippen LogP) is 1.73. The van der Waals surface area contributed by atoms with Gasteiger partial charge in [-0.05, 0) is 45.4 Å². The zero-order chi connectivity index (χ0) is 20.0. The van der Waals surface area contributed by atoms with E-state index in [2.05, 4.69) is 48.5 Å². The molecule has 0 spiro atoms. The van der Waals surface area contributed by atoms with Gasteiger partial charge in [-0.1, -0.05) is 12.1 Å². The molecule has 1 aromatic carbocycles. The van der Waals surface area contributed by atoms with Crippen LogP contribution in [0.2, 0.25) is 0 Å². The van der Waals surface area contributed by atoms with Gasteiger partial charge in [0.1, 0.15) is 0 Å². The van der Waals surface area contributed by atoms with Gasteiger partial charge in [0.2, 0.25) is 0 Å². The van der Waals surface area contributed by atoms with Crippen LogP contribution in [0.1, 0.15) is 43.6 Å². The molecule has 2 rings (SSSR count). The van der Waals surface area contributed by atoms with E-state index >= 15 is 0 Å². The normalized spacial score (nSPS) is 20.8. The third-order valence-electron chi connectivity index (χ3n) is 4.85. The largest absolute Gasteiger partial charge is 0.373 e. The van der Waals surface area contributed by atoms with Crippen LogP contribution in [0.3, 0.4) is 0 Å². The average Bonchev–Trinajstić information content (AvgIpc) is 2.63. The zero-order valence-corrected chi connectivity index (χ0v) is 17.0. The molecule has 0 saturated carbocycles. The highest BCUT2D eigenvalue weighted by Crippen LogP contribution is 2.20. The van der Waals surface area contributed by atoms with Gasteiger partial charge in [0.15, 0.2) is 0 Å². The Balaban J connectivity index is 1.79. The molecule has 0 radical (unpaired) electrons. The molecule has 1 aliphatic rings. The lowest BCUT2D eigenvalue weighted by molar-refractivity contribution is -0.0947. The van der Waals surface area contributed by atoms with Gasteiger partial charge in [-0.2, -0.15) is 0 Å². The SMILES string of the molecule is CNC(=O)c1ccc(CNC(=O)NCC(C)(C)N2C[C@@H](C)O[C@@H](C)C2)cc1. The van der Waals surface area contributed by atoms with E-state index in [9.17, 15) is 9.59 Å². The molecule has 150 valence electrons. The average molecular weight is 377 g/mol. The molecule has 1 heterocycles. The van der Waals surface area contributed by atoms with Crippen LogP contribution in [-0.2, 0) is 11.3 Å². The molecule has 3 N–H and O–H groups in total. The Kier molecular flexibility index (Phi) is 7.21. The van der Waals surface area contributed by atoms with Crippen molar-refractivity contribution in [3.05, 3.63) is 35.4 Å². The van der Waals surface area contributed by atoms with Crippen LogP contribution in [0.5, 0.6) is 0 Å². The molecule has 1 fully saturated rings. The Labute approximate surface area is 161 Å². The minimum atomic E-state index is -0.201. The summed E-state index contributed by atoms with van der Waals surface area (Å²) in [6, 6.07) is 6.97. The number of rotatable bonds is 6. The van der Waals surface area contributed by atoms with Gasteiger partial charge in [-0.25, -0.2) is 4.79 Å². The van der Waals surface area contributed by atoms with Crippen molar-refractivity contribution in [1.82, 2.24) is 20.9 Å². The monoisotopic (exact) mass is 376 g/mol. The highest BCUT2D eigenvalue weighted by molar-refractivity contribution is 5.93. The van der Waals surface area contributed by atoms with E-state index in [1.165, 1.54) is 0 Å². The summed E-state index contributed by atoms with van der Waals surface area (Å²) in [6.45, 7) is 11.1. The van der Waals surface area contributed by atoms with Gasteiger partial charge in [0.05, 0.1) is 12.2 Å². The van der Waals surface area contributed by atoms with Crippen molar-refractivity contribution in [3.8, 4) is 0 Å². The lowest BCUT2D eigenvalue weighted by Gasteiger charge is -2.45. The van der Waals surface area contributed by atoms with E-state index in [0.717, 1.165) is 18.7 Å². The molecule has 0 unspecified atom stereocenters. The quantitative estimate of drug-likeness (QED) is 0.706. The van der Waals surface area contributed by atoms with E-state index in [0.29, 0.717) is 18.7 Å². The highest BCUT2D eigenvalue weighted by atomic mass is 16.5. The minimum Gasteiger partial charge on any atom is -0.373 e. The number of benzene rings is 1. The van der Waals surface area contributed by atoms with Crippen molar-refractivity contribution >= 4 is 11.9 Å². The topological polar surface area (TPSA) is 82.7 Å². The van der Waals surface area contributed by atoms with Crippen LogP contribution >= 0.6 is 0 Å². The van der Waals surface area contributed by atoms with E-state index in [1.54, 1.807) is 19.2 Å². The maximum atomic E-state index is 12.2. The molecular weight excluding hydrogens is 344 g/mol. The molecule has 1 aromatic rings. The fraction of sp³-hybridized carbons (Fsp3) is 0.600. The fourth-order valence-electron chi connectivity index (χ4n) is 3.24. The number of hydrogen-bond acceptors (Lipinski definition) is 4. The zero-order valence-electron chi connectivity index (χ0n) is 17.0. The van der Waals surface area contributed by atoms with Crippen LogP contribution < -0.4 is 16.0 Å². The lowest BCUT2D eigenvalue weighted by atomic mass is 10.00. The van der Waals surface area contributed by atoms with Gasteiger partial charge in [-0.15, -0.1) is 0 Å². The van der Waals surface area contributed by atoms with E-state index < -0.39 is 0 Å². The van der Waals surface area contributed by atoms with Gasteiger partial charge in [0.25, 0.3) is 5.91 Å². The molecule has 7 heteroatoms. The molecule has 1 saturated heterocycles. The summed E-state index contributed by atoms with van der Waals surface area (Å²) in [7, 11) is 1.60. The minimum absolute atomic E-state index is 0.124. The molecule has 2 atom stereocenters. The summed E-state index contributed by atoms with van der Waals surface area (Å²) in [4.78, 5) is 26.1. The predicted molar refractivity (Wildman–Crippen MR) is 106 cm³/mol. The number of urea groups is 1. The first-order chi connectivity index (χ1) is 12.7. The van der Waals surface area contributed by atoms with Crippen molar-refractivity contribution in [2.45, 2.75) is 52.0 Å². The smallest absolute Gasteiger partial charge is 0.315 e. The lowest BCUT2D eigenvalue weighted by Crippen LogP contribution is -2.59. The van der Waals surface area contributed by atoms with Crippen LogP contribution in [0.4, 0.5) is 4.79 Å². The second-order valence-corrected chi connectivity index (χ2v) is 7.79. The summed E-state index contributed by atoms with van der Waals surface area (Å²) in [5, 5.41) is 8.41. The van der Waals surface area contributed by atoms with Gasteiger partial charge < -0.3 is 20.7 Å². The van der Waals surface area contributed by atoms with Crippen molar-refractivity contribution in [2.75, 3.05) is 26.7 Å². The second-order valence-electron chi connectivity index (χ2n) is 7.79. The van der Waals surface area contributed by atoms with Crippen molar-refractivity contribution < 1.29 is 14.3 Å². The third-order valence-corrected chi connectivity index (χ3v) is 4.85. The molecular formula is C20H32N4O3. The number of nitrogens with zero attached hydrogens (tertiary/aromatic N) is 1. The molecule has 1 aliphatic heterocycles. The first-order valence-corrected chi connectivity index (χ1v) is 9.44. The standard InChI is InChI=1S/C20H32N4O3/c1-14-11-24(12-15(2)27-14)20(3,4)13-23-19(26)22-10-16-6-8-17(9-7-16)18(25)21-5/h6-9,14-15H,10-13H2,1-5H3,(H,21,25)(H2,22,23,26)/t14-,15+. The maximum absolute atomic E-state index is 12.2. The Morgan fingerprint density at radius 1 is 1.11 bits per heavy atom. The number of nitrogens with one attached hydrogen (secondary N) is 3. The number of morpholine rings is 1. The summed E-state index contributed by atoms with van der Waals surface area (Å²) in [5.74, 6) is -0.124. The van der Waals surface area contributed by atoms with Gasteiger partial charge in [0, 0.05) is 44.3 Å². The Hall–Kier alpha value is -2.12. The van der Waals surface area contributed by atoms with Gasteiger partial charge in [-0.3, -0.25) is 9.69 Å². The summed E-state index contributed by atoms with van der Waals surface area (Å²) in [6.07, 6.45) is 0.388. The number of ether oxygens (including phenoxy) is 1. The maximum Gasteiger partial charge on any atom is 0.315 e. The Morgan fingerprint density at radius 3 is 2.26 bits per heavy atom. The second kappa shape index (κ2) is 9.19. The third kappa shape index (κ3) is 6.22. The van der Waals surface area contributed by atoms with Crippen LogP contribution in [0.15, 0.2) is 24.3 Å². The Morgan fingerprint density at radius 2 is 1.70 bits per heavy atom. The number of amides is 3. The van der Waals surface area contributed by atoms with Gasteiger partial charge >= 0.3 is 6.03 Å². The van der Waals surface area contributed by atoms with Crippen LogP contribution in [0.25, 0.3) is 0 Å². The van der Waals surface area contributed by atoms with E-state index in [-0.39, 0.29) is 29.7 Å². The van der Waals surface area contributed by atoms with E-state index in [4.69, 9.17) is 4.74 Å². The van der Waals surface area contributed by atoms with Crippen molar-refractivity contribution in [1.29, 1.82) is 0 Å². The number of carbonyl (C=O) groups excluding carboxylic acids is 2. The number of hydrogen-bond donors (Lipinski definition) is 3. The van der Waals surface area contributed by atoms with Crippen molar-refractivity contribution in [2.24, 2.45) is 0 Å². The van der Waals surface area contributed by atoms with Crippen LogP contribution in [-0.4, -0.2) is 61.3 Å². The first kappa shape index (κ1) is 21.2. The number of carbonyl (C=O) groups is 2. The molecule has 3 amide bonds. The summed E-state index contributed by atoms with van der Waals surface area (Å²) >= 11 is 0. The summed E-state index contributed by atoms with van der Waals surface area (Å²) in [5.41, 5.74) is 1.38. The molecule has 27 heavy (non-hydrogen) atoms.